The number of aromatic nitrogens is 1. The summed E-state index contributed by atoms with van der Waals surface area (Å²) in [5, 5.41) is 3.63. The molecule has 4 saturated carbocycles. The Labute approximate surface area is 166 Å². The van der Waals surface area contributed by atoms with Gasteiger partial charge < -0.3 is 10.1 Å². The fourth-order valence-corrected chi connectivity index (χ4v) is 6.56. The molecule has 0 aromatic carbocycles. The molecule has 4 heteroatoms. The molecule has 5 rings (SSSR count). The van der Waals surface area contributed by atoms with Crippen LogP contribution in [0.2, 0.25) is 0 Å². The average Bonchev–Trinajstić information content (AvgIpc) is 2.68. The maximum absolute atomic E-state index is 5.70. The quantitative estimate of drug-likeness (QED) is 0.629. The van der Waals surface area contributed by atoms with Crippen LogP contribution >= 0.6 is 15.9 Å². The molecule has 3 atom stereocenters. The summed E-state index contributed by atoms with van der Waals surface area (Å²) in [7, 11) is 1.89. The number of methoxy groups -OCH3 is 1. The molecule has 4 aliphatic carbocycles. The van der Waals surface area contributed by atoms with E-state index in [1.54, 1.807) is 0 Å². The standard InChI is InChI=1S/C22H33BrN2O/c1-16-13-17(3-4-19(16)26-2)22-9-6-21(7-10-22,8-11-22)15-25-20-14-18(23)5-12-24-20/h5,12,14,16-17,19H,3-4,6-11,13,15H2,1-2H3,(H,24,25). The van der Waals surface area contributed by atoms with Crippen molar-refractivity contribution in [3.05, 3.63) is 22.8 Å². The molecule has 0 radical (unpaired) electrons. The molecule has 4 aliphatic rings. The van der Waals surface area contributed by atoms with Gasteiger partial charge in [0.05, 0.1) is 6.10 Å². The Kier molecular flexibility index (Phi) is 5.35. The number of hydrogen-bond acceptors (Lipinski definition) is 3. The number of halogens is 1. The smallest absolute Gasteiger partial charge is 0.127 e. The minimum absolute atomic E-state index is 0.496. The molecule has 3 unspecified atom stereocenters. The molecule has 144 valence electrons. The fraction of sp³-hybridized carbons (Fsp3) is 0.773. The lowest BCUT2D eigenvalue weighted by molar-refractivity contribution is -0.0790. The van der Waals surface area contributed by atoms with Crippen LogP contribution in [0.25, 0.3) is 0 Å². The zero-order chi connectivity index (χ0) is 18.2. The third kappa shape index (κ3) is 3.56. The highest BCUT2D eigenvalue weighted by atomic mass is 79.9. The van der Waals surface area contributed by atoms with Gasteiger partial charge in [-0.15, -0.1) is 0 Å². The van der Waals surface area contributed by atoms with Crippen LogP contribution in [0.1, 0.15) is 64.7 Å². The topological polar surface area (TPSA) is 34.1 Å². The van der Waals surface area contributed by atoms with Crippen LogP contribution in [0.3, 0.4) is 0 Å². The van der Waals surface area contributed by atoms with E-state index in [9.17, 15) is 0 Å². The average molecular weight is 421 g/mol. The summed E-state index contributed by atoms with van der Waals surface area (Å²) in [5.41, 5.74) is 1.14. The van der Waals surface area contributed by atoms with Crippen LogP contribution < -0.4 is 5.32 Å². The normalized spacial score (nSPS) is 39.7. The highest BCUT2D eigenvalue weighted by Gasteiger charge is 2.52. The lowest BCUT2D eigenvalue weighted by Gasteiger charge is -2.58. The Balaban J connectivity index is 1.36. The molecular formula is C22H33BrN2O. The minimum Gasteiger partial charge on any atom is -0.381 e. The zero-order valence-electron chi connectivity index (χ0n) is 16.3. The second-order valence-corrected chi connectivity index (χ2v) is 10.3. The van der Waals surface area contributed by atoms with Crippen LogP contribution in [-0.2, 0) is 4.74 Å². The molecule has 0 aliphatic heterocycles. The van der Waals surface area contributed by atoms with Crippen molar-refractivity contribution in [3.63, 3.8) is 0 Å². The maximum Gasteiger partial charge on any atom is 0.127 e. The van der Waals surface area contributed by atoms with Gasteiger partial charge >= 0.3 is 0 Å². The molecule has 4 fully saturated rings. The van der Waals surface area contributed by atoms with E-state index >= 15 is 0 Å². The molecular weight excluding hydrogens is 388 g/mol. The van der Waals surface area contributed by atoms with Crippen LogP contribution in [0, 0.1) is 22.7 Å². The van der Waals surface area contributed by atoms with Crippen molar-refractivity contribution in [2.45, 2.75) is 70.8 Å². The van der Waals surface area contributed by atoms with Crippen molar-refractivity contribution in [2.24, 2.45) is 22.7 Å². The van der Waals surface area contributed by atoms with Gasteiger partial charge in [-0.3, -0.25) is 0 Å². The van der Waals surface area contributed by atoms with E-state index in [4.69, 9.17) is 4.74 Å². The number of fused-ring (bicyclic) bond motifs is 3. The Morgan fingerprint density at radius 3 is 2.54 bits per heavy atom. The number of anilines is 1. The number of hydrogen-bond donors (Lipinski definition) is 1. The molecule has 2 bridgehead atoms. The first-order chi connectivity index (χ1) is 12.5. The summed E-state index contributed by atoms with van der Waals surface area (Å²) in [6, 6.07) is 4.07. The highest BCUT2D eigenvalue weighted by molar-refractivity contribution is 9.10. The molecule has 26 heavy (non-hydrogen) atoms. The Morgan fingerprint density at radius 1 is 1.19 bits per heavy atom. The van der Waals surface area contributed by atoms with Crippen molar-refractivity contribution < 1.29 is 4.74 Å². The molecule has 1 aromatic rings. The number of nitrogens with zero attached hydrogens (tertiary/aromatic N) is 1. The Hall–Kier alpha value is -0.610. The molecule has 0 saturated heterocycles. The van der Waals surface area contributed by atoms with Crippen molar-refractivity contribution in [3.8, 4) is 0 Å². The van der Waals surface area contributed by atoms with Crippen molar-refractivity contribution in [2.75, 3.05) is 19.0 Å². The van der Waals surface area contributed by atoms with Crippen molar-refractivity contribution >= 4 is 21.7 Å². The number of nitrogens with one attached hydrogen (secondary N) is 1. The summed E-state index contributed by atoms with van der Waals surface area (Å²) in [6.45, 7) is 3.49. The summed E-state index contributed by atoms with van der Waals surface area (Å²) in [5.74, 6) is 2.66. The van der Waals surface area contributed by atoms with E-state index in [2.05, 4.69) is 39.2 Å². The van der Waals surface area contributed by atoms with E-state index in [-0.39, 0.29) is 0 Å². The van der Waals surface area contributed by atoms with Crippen molar-refractivity contribution in [1.82, 2.24) is 4.98 Å². The first kappa shape index (κ1) is 18.7. The van der Waals surface area contributed by atoms with E-state index < -0.39 is 0 Å². The lowest BCUT2D eigenvalue weighted by atomic mass is 9.48. The third-order valence-electron chi connectivity index (χ3n) is 8.09. The first-order valence-corrected chi connectivity index (χ1v) is 11.2. The second kappa shape index (κ2) is 7.43. The van der Waals surface area contributed by atoms with Crippen LogP contribution in [0.4, 0.5) is 5.82 Å². The van der Waals surface area contributed by atoms with Gasteiger partial charge in [0.1, 0.15) is 5.82 Å². The molecule has 1 N–H and O–H groups in total. The Morgan fingerprint density at radius 2 is 1.92 bits per heavy atom. The minimum atomic E-state index is 0.496. The molecule has 1 heterocycles. The van der Waals surface area contributed by atoms with Crippen LogP contribution in [0.15, 0.2) is 22.8 Å². The van der Waals surface area contributed by atoms with E-state index in [0.29, 0.717) is 16.9 Å². The number of rotatable bonds is 5. The fourth-order valence-electron chi connectivity index (χ4n) is 6.22. The predicted molar refractivity (Wildman–Crippen MR) is 110 cm³/mol. The van der Waals surface area contributed by atoms with Crippen LogP contribution in [-0.4, -0.2) is 24.7 Å². The second-order valence-electron chi connectivity index (χ2n) is 9.34. The van der Waals surface area contributed by atoms with Gasteiger partial charge in [0, 0.05) is 24.3 Å². The lowest BCUT2D eigenvalue weighted by Crippen LogP contribution is -2.49. The van der Waals surface area contributed by atoms with Gasteiger partial charge in [0.25, 0.3) is 0 Å². The third-order valence-corrected chi connectivity index (χ3v) is 8.58. The molecule has 1 aromatic heterocycles. The van der Waals surface area contributed by atoms with Gasteiger partial charge in [-0.25, -0.2) is 4.98 Å². The summed E-state index contributed by atoms with van der Waals surface area (Å²) >= 11 is 3.54. The molecule has 0 amide bonds. The van der Waals surface area contributed by atoms with Crippen LogP contribution in [0.5, 0.6) is 0 Å². The van der Waals surface area contributed by atoms with Gasteiger partial charge in [-0.2, -0.15) is 0 Å². The van der Waals surface area contributed by atoms with E-state index in [1.807, 2.05) is 19.4 Å². The molecule has 0 spiro atoms. The van der Waals surface area contributed by atoms with Gasteiger partial charge in [0.15, 0.2) is 0 Å². The number of pyridine rings is 1. The largest absolute Gasteiger partial charge is 0.381 e. The summed E-state index contributed by atoms with van der Waals surface area (Å²) in [4.78, 5) is 4.46. The van der Waals surface area contributed by atoms with Gasteiger partial charge in [-0.05, 0) is 92.6 Å². The van der Waals surface area contributed by atoms with Gasteiger partial charge in [0.2, 0.25) is 0 Å². The molecule has 3 nitrogen and oxygen atoms in total. The number of ether oxygens (including phenoxy) is 1. The SMILES string of the molecule is COC1CCC(C23CCC(CNc4cc(Br)ccn4)(CC2)CC3)CC1C. The maximum atomic E-state index is 5.70. The van der Waals surface area contributed by atoms with Gasteiger partial charge in [-0.1, -0.05) is 22.9 Å². The predicted octanol–water partition coefficient (Wildman–Crippen LogP) is 6.05. The zero-order valence-corrected chi connectivity index (χ0v) is 17.9. The highest BCUT2D eigenvalue weighted by Crippen LogP contribution is 2.62. The Bertz CT molecular complexity index is 610. The van der Waals surface area contributed by atoms with Crippen molar-refractivity contribution in [1.29, 1.82) is 0 Å². The summed E-state index contributed by atoms with van der Waals surface area (Å²) < 4.78 is 6.79. The first-order valence-electron chi connectivity index (χ1n) is 10.4. The van der Waals surface area contributed by atoms with E-state index in [0.717, 1.165) is 28.7 Å². The monoisotopic (exact) mass is 420 g/mol. The van der Waals surface area contributed by atoms with E-state index in [1.165, 1.54) is 57.8 Å². The summed E-state index contributed by atoms with van der Waals surface area (Å²) in [6.07, 6.45) is 14.9.